The van der Waals surface area contributed by atoms with Gasteiger partial charge in [0, 0.05) is 31.5 Å². The Morgan fingerprint density at radius 2 is 2.25 bits per heavy atom. The SMILES string of the molecule is CCn1ccc(C(=O)c2nn(C)nc2I)c1. The van der Waals surface area contributed by atoms with Gasteiger partial charge in [-0.1, -0.05) is 0 Å². The highest BCUT2D eigenvalue weighted by Crippen LogP contribution is 2.13. The Balaban J connectivity index is 2.35. The number of carbonyl (C=O) groups is 1. The minimum Gasteiger partial charge on any atom is -0.354 e. The number of halogens is 1. The Kier molecular flexibility index (Phi) is 3.08. The molecule has 0 aromatic carbocycles. The Morgan fingerprint density at radius 1 is 1.50 bits per heavy atom. The lowest BCUT2D eigenvalue weighted by molar-refractivity contribution is 0.103. The molecule has 0 radical (unpaired) electrons. The number of aryl methyl sites for hydroxylation is 2. The summed E-state index contributed by atoms with van der Waals surface area (Å²) < 4.78 is 2.59. The average Bonchev–Trinajstić information content (AvgIpc) is 2.84. The second-order valence-electron chi connectivity index (χ2n) is 3.39. The highest BCUT2D eigenvalue weighted by Gasteiger charge is 2.18. The summed E-state index contributed by atoms with van der Waals surface area (Å²) in [5.41, 5.74) is 1.07. The number of rotatable bonds is 3. The third kappa shape index (κ3) is 2.01. The molecule has 0 spiro atoms. The monoisotopic (exact) mass is 330 g/mol. The summed E-state index contributed by atoms with van der Waals surface area (Å²) in [6, 6.07) is 1.80. The van der Waals surface area contributed by atoms with Gasteiger partial charge in [0.25, 0.3) is 0 Å². The first-order valence-corrected chi connectivity index (χ1v) is 5.97. The number of aromatic nitrogens is 4. The molecule has 0 aliphatic carbocycles. The van der Waals surface area contributed by atoms with Gasteiger partial charge >= 0.3 is 0 Å². The molecule has 2 aromatic heterocycles. The van der Waals surface area contributed by atoms with E-state index in [-0.39, 0.29) is 5.78 Å². The smallest absolute Gasteiger partial charge is 0.217 e. The lowest BCUT2D eigenvalue weighted by Crippen LogP contribution is -2.04. The molecule has 0 aliphatic rings. The predicted molar refractivity (Wildman–Crippen MR) is 67.3 cm³/mol. The van der Waals surface area contributed by atoms with Crippen molar-refractivity contribution in [3.8, 4) is 0 Å². The van der Waals surface area contributed by atoms with Gasteiger partial charge in [-0.15, -0.1) is 10.2 Å². The van der Waals surface area contributed by atoms with Crippen molar-refractivity contribution >= 4 is 28.4 Å². The zero-order chi connectivity index (χ0) is 11.7. The van der Waals surface area contributed by atoms with E-state index in [2.05, 4.69) is 10.2 Å². The summed E-state index contributed by atoms with van der Waals surface area (Å²) in [7, 11) is 1.70. The Hall–Kier alpha value is -1.18. The molecule has 0 unspecified atom stereocenters. The molecule has 0 saturated heterocycles. The van der Waals surface area contributed by atoms with Crippen LogP contribution >= 0.6 is 22.6 Å². The van der Waals surface area contributed by atoms with E-state index in [0.717, 1.165) is 6.54 Å². The molecule has 6 heteroatoms. The van der Waals surface area contributed by atoms with Gasteiger partial charge in [0.15, 0.2) is 9.39 Å². The highest BCUT2D eigenvalue weighted by atomic mass is 127. The van der Waals surface area contributed by atoms with Crippen molar-refractivity contribution in [2.75, 3.05) is 0 Å². The van der Waals surface area contributed by atoms with Crippen LogP contribution in [0, 0.1) is 3.70 Å². The Labute approximate surface area is 107 Å². The van der Waals surface area contributed by atoms with E-state index in [0.29, 0.717) is 15.0 Å². The molecule has 0 amide bonds. The van der Waals surface area contributed by atoms with Gasteiger partial charge in [0.05, 0.1) is 0 Å². The largest absolute Gasteiger partial charge is 0.354 e. The molecule has 16 heavy (non-hydrogen) atoms. The Morgan fingerprint density at radius 3 is 2.75 bits per heavy atom. The van der Waals surface area contributed by atoms with Crippen LogP contribution in [-0.4, -0.2) is 25.3 Å². The molecule has 0 fully saturated rings. The predicted octanol–water partition coefficient (Wildman–Crippen LogP) is 1.47. The maximum Gasteiger partial charge on any atom is 0.217 e. The van der Waals surface area contributed by atoms with Crippen LogP contribution in [0.4, 0.5) is 0 Å². The minimum absolute atomic E-state index is 0.0790. The van der Waals surface area contributed by atoms with Crippen molar-refractivity contribution < 1.29 is 4.79 Å². The van der Waals surface area contributed by atoms with E-state index in [1.165, 1.54) is 4.80 Å². The van der Waals surface area contributed by atoms with E-state index in [4.69, 9.17) is 0 Å². The summed E-state index contributed by atoms with van der Waals surface area (Å²) in [5, 5.41) is 8.11. The van der Waals surface area contributed by atoms with Gasteiger partial charge < -0.3 is 4.57 Å². The normalized spacial score (nSPS) is 10.7. The molecule has 5 nitrogen and oxygen atoms in total. The van der Waals surface area contributed by atoms with E-state index in [1.54, 1.807) is 13.1 Å². The fourth-order valence-electron chi connectivity index (χ4n) is 1.43. The van der Waals surface area contributed by atoms with Crippen LogP contribution in [0.2, 0.25) is 0 Å². The van der Waals surface area contributed by atoms with Crippen LogP contribution in [0.1, 0.15) is 23.0 Å². The van der Waals surface area contributed by atoms with Gasteiger partial charge in [-0.25, -0.2) is 0 Å². The first-order chi connectivity index (χ1) is 7.61. The molecule has 0 atom stereocenters. The van der Waals surface area contributed by atoms with Crippen molar-refractivity contribution in [2.45, 2.75) is 13.5 Å². The minimum atomic E-state index is -0.0790. The zero-order valence-corrected chi connectivity index (χ0v) is 11.2. The van der Waals surface area contributed by atoms with Gasteiger partial charge in [-0.05, 0) is 35.6 Å². The van der Waals surface area contributed by atoms with Gasteiger partial charge in [0.1, 0.15) is 0 Å². The second-order valence-corrected chi connectivity index (χ2v) is 4.41. The summed E-state index contributed by atoms with van der Waals surface area (Å²) in [6.07, 6.45) is 3.71. The summed E-state index contributed by atoms with van der Waals surface area (Å²) >= 11 is 2.02. The second kappa shape index (κ2) is 4.36. The molecule has 0 aliphatic heterocycles. The fraction of sp³-hybridized carbons (Fsp3) is 0.300. The van der Waals surface area contributed by atoms with Gasteiger partial charge in [0.2, 0.25) is 5.78 Å². The zero-order valence-electron chi connectivity index (χ0n) is 9.01. The van der Waals surface area contributed by atoms with Gasteiger partial charge in [-0.3, -0.25) is 4.79 Å². The van der Waals surface area contributed by atoms with Crippen molar-refractivity contribution in [3.05, 3.63) is 33.4 Å². The number of carbonyl (C=O) groups excluding carboxylic acids is 1. The van der Waals surface area contributed by atoms with E-state index in [9.17, 15) is 4.79 Å². The summed E-state index contributed by atoms with van der Waals surface area (Å²) in [5.74, 6) is -0.0790. The quantitative estimate of drug-likeness (QED) is 0.633. The van der Waals surface area contributed by atoms with Crippen LogP contribution in [-0.2, 0) is 13.6 Å². The first kappa shape index (κ1) is 11.3. The number of nitrogens with zero attached hydrogens (tertiary/aromatic N) is 4. The summed E-state index contributed by atoms with van der Waals surface area (Å²) in [6.45, 7) is 2.88. The van der Waals surface area contributed by atoms with Crippen molar-refractivity contribution in [3.63, 3.8) is 0 Å². The van der Waals surface area contributed by atoms with E-state index < -0.39 is 0 Å². The van der Waals surface area contributed by atoms with Crippen molar-refractivity contribution in [2.24, 2.45) is 7.05 Å². The van der Waals surface area contributed by atoms with Crippen molar-refractivity contribution in [1.29, 1.82) is 0 Å². The molecular weight excluding hydrogens is 319 g/mol. The van der Waals surface area contributed by atoms with Crippen LogP contribution in [0.3, 0.4) is 0 Å². The molecule has 2 rings (SSSR count). The van der Waals surface area contributed by atoms with Crippen molar-refractivity contribution in [1.82, 2.24) is 19.6 Å². The van der Waals surface area contributed by atoms with Gasteiger partial charge in [-0.2, -0.15) is 4.80 Å². The molecule has 0 bridgehead atoms. The lowest BCUT2D eigenvalue weighted by Gasteiger charge is -1.94. The number of ketones is 1. The highest BCUT2D eigenvalue weighted by molar-refractivity contribution is 14.1. The molecule has 84 valence electrons. The Bertz CT molecular complexity index is 529. The van der Waals surface area contributed by atoms with Crippen LogP contribution in [0.15, 0.2) is 18.5 Å². The summed E-state index contributed by atoms with van der Waals surface area (Å²) in [4.78, 5) is 13.5. The van der Waals surface area contributed by atoms with Crippen LogP contribution in [0.25, 0.3) is 0 Å². The third-order valence-electron chi connectivity index (χ3n) is 2.27. The van der Waals surface area contributed by atoms with E-state index in [1.807, 2.05) is 46.5 Å². The first-order valence-electron chi connectivity index (χ1n) is 4.89. The van der Waals surface area contributed by atoms with E-state index >= 15 is 0 Å². The molecule has 0 N–H and O–H groups in total. The molecular formula is C10H11IN4O. The topological polar surface area (TPSA) is 52.7 Å². The maximum absolute atomic E-state index is 12.1. The lowest BCUT2D eigenvalue weighted by atomic mass is 10.2. The number of hydrogen-bond donors (Lipinski definition) is 0. The number of hydrogen-bond acceptors (Lipinski definition) is 3. The third-order valence-corrected chi connectivity index (χ3v) is 2.99. The van der Waals surface area contributed by atoms with Crippen LogP contribution < -0.4 is 0 Å². The fourth-order valence-corrected chi connectivity index (χ4v) is 2.10. The standard InChI is InChI=1S/C10H11IN4O/c1-3-15-5-4-7(6-15)9(16)8-10(11)13-14(2)12-8/h4-6H,3H2,1-2H3. The maximum atomic E-state index is 12.1. The van der Waals surface area contributed by atoms with Crippen LogP contribution in [0.5, 0.6) is 0 Å². The molecule has 2 heterocycles. The molecule has 0 saturated carbocycles. The average molecular weight is 330 g/mol. The molecule has 2 aromatic rings.